The van der Waals surface area contributed by atoms with Gasteiger partial charge >= 0.3 is 0 Å². The summed E-state index contributed by atoms with van der Waals surface area (Å²) in [5.41, 5.74) is 1.32. The molecular formula is C11H10Cl2N2O9. The molecule has 2 heterocycles. The zero-order chi connectivity index (χ0) is 18.8. The van der Waals surface area contributed by atoms with E-state index in [9.17, 15) is 4.79 Å². The monoisotopic (exact) mass is 384 g/mol. The Balaban J connectivity index is 0.000000442. The van der Waals surface area contributed by atoms with Crippen molar-refractivity contribution < 1.29 is 72.5 Å². The summed E-state index contributed by atoms with van der Waals surface area (Å²) in [6, 6.07) is 7.18. The van der Waals surface area contributed by atoms with Crippen LogP contribution in [0.5, 0.6) is 0 Å². The Labute approximate surface area is 139 Å². The fraction of sp³-hybridized carbons (Fsp3) is 0. The van der Waals surface area contributed by atoms with Crippen LogP contribution in [0.4, 0.5) is 0 Å². The van der Waals surface area contributed by atoms with Gasteiger partial charge in [-0.25, -0.2) is 47.2 Å². The lowest BCUT2D eigenvalue weighted by molar-refractivity contribution is -2.00. The summed E-state index contributed by atoms with van der Waals surface area (Å²) in [6.07, 6.45) is 6.92. The molecule has 0 unspecified atom stereocenters. The summed E-state index contributed by atoms with van der Waals surface area (Å²) in [5.74, 6) is 0.0127. The highest BCUT2D eigenvalue weighted by Crippen LogP contribution is 2.04. The first-order valence-electron chi connectivity index (χ1n) is 5.58. The molecular weight excluding hydrogens is 375 g/mol. The van der Waals surface area contributed by atoms with Crippen molar-refractivity contribution in [1.29, 1.82) is 0 Å². The lowest BCUT2D eigenvalue weighted by Gasteiger charge is -2.17. The van der Waals surface area contributed by atoms with Crippen molar-refractivity contribution in [3.63, 3.8) is 0 Å². The van der Waals surface area contributed by atoms with Gasteiger partial charge in [0.25, 0.3) is 0 Å². The van der Waals surface area contributed by atoms with Crippen molar-refractivity contribution in [2.75, 3.05) is 0 Å². The van der Waals surface area contributed by atoms with Crippen LogP contribution in [0, 0.1) is 20.5 Å². The molecule has 0 aliphatic rings. The van der Waals surface area contributed by atoms with E-state index in [0.29, 0.717) is 11.1 Å². The quantitative estimate of drug-likeness (QED) is 0.446. The molecule has 2 aromatic heterocycles. The van der Waals surface area contributed by atoms with E-state index in [-0.39, 0.29) is 5.78 Å². The van der Waals surface area contributed by atoms with Crippen LogP contribution in [0.3, 0.4) is 0 Å². The maximum Gasteiger partial charge on any atom is 0.205 e. The number of rotatable bonds is 2. The molecule has 0 aliphatic carbocycles. The molecule has 2 rings (SSSR count). The molecule has 2 N–H and O–H groups in total. The molecule has 0 spiro atoms. The second-order valence-electron chi connectivity index (χ2n) is 3.67. The SMILES string of the molecule is O=C(c1ccc[nH+]c1)c1ccc[nH+]c1.[O-][Cl+3]([O-])([O-])[O-].[O-][Cl+3]([O-])([O-])[O-]. The fourth-order valence-corrected chi connectivity index (χ4v) is 1.24. The van der Waals surface area contributed by atoms with Gasteiger partial charge in [0.05, 0.1) is 11.1 Å². The predicted octanol–water partition coefficient (Wildman–Crippen LogP) is -8.97. The molecule has 24 heavy (non-hydrogen) atoms. The standard InChI is InChI=1S/C11H8N2O.2ClHO4/c14-11(9-3-1-5-12-7-9)10-4-2-6-13-8-10;2*2-1(3,4)5/h1-8H;2*(H,2,3,4,5). The Morgan fingerprint density at radius 3 is 1.21 bits per heavy atom. The first kappa shape index (κ1) is 22.2. The van der Waals surface area contributed by atoms with Crippen molar-refractivity contribution >= 4 is 5.78 Å². The van der Waals surface area contributed by atoms with Crippen molar-refractivity contribution in [2.24, 2.45) is 0 Å². The summed E-state index contributed by atoms with van der Waals surface area (Å²) in [5, 5.41) is 0. The number of aromatic amines is 2. The second kappa shape index (κ2) is 10.2. The van der Waals surface area contributed by atoms with Gasteiger partial charge < -0.3 is 0 Å². The third-order valence-corrected chi connectivity index (χ3v) is 1.94. The number of carbonyl (C=O) groups excluding carboxylic acids is 1. The first-order chi connectivity index (χ1) is 10.9. The molecule has 0 saturated heterocycles. The van der Waals surface area contributed by atoms with Crippen LogP contribution < -0.4 is 47.2 Å². The highest BCUT2D eigenvalue weighted by atomic mass is 35.7. The number of pyridine rings is 2. The average molecular weight is 385 g/mol. The van der Waals surface area contributed by atoms with E-state index in [1.807, 2.05) is 0 Å². The largest absolute Gasteiger partial charge is 0.288 e. The number of halogens is 2. The van der Waals surface area contributed by atoms with Crippen molar-refractivity contribution in [3.05, 3.63) is 60.2 Å². The van der Waals surface area contributed by atoms with Gasteiger partial charge in [-0.1, -0.05) is 0 Å². The Morgan fingerprint density at radius 2 is 1.00 bits per heavy atom. The third kappa shape index (κ3) is 15.1. The molecule has 11 nitrogen and oxygen atoms in total. The summed E-state index contributed by atoms with van der Waals surface area (Å²) in [7, 11) is -9.89. The maximum absolute atomic E-state index is 11.8. The van der Waals surface area contributed by atoms with Crippen LogP contribution in [-0.4, -0.2) is 5.78 Å². The highest BCUT2D eigenvalue weighted by Gasteiger charge is 2.11. The minimum atomic E-state index is -4.94. The van der Waals surface area contributed by atoms with E-state index in [1.165, 1.54) is 0 Å². The summed E-state index contributed by atoms with van der Waals surface area (Å²) >= 11 is 0. The number of aromatic nitrogens is 2. The molecule has 0 amide bonds. The molecule has 0 radical (unpaired) electrons. The van der Waals surface area contributed by atoms with Gasteiger partial charge in [-0.3, -0.25) is 4.79 Å². The predicted molar refractivity (Wildman–Crippen MR) is 49.4 cm³/mol. The van der Waals surface area contributed by atoms with Crippen LogP contribution in [-0.2, 0) is 0 Å². The number of carbonyl (C=O) groups is 1. The lowest BCUT2D eigenvalue weighted by atomic mass is 10.1. The van der Waals surface area contributed by atoms with Crippen molar-refractivity contribution in [1.82, 2.24) is 0 Å². The maximum atomic E-state index is 11.8. The first-order valence-corrected chi connectivity index (χ1v) is 8.05. The van der Waals surface area contributed by atoms with Crippen molar-refractivity contribution in [3.8, 4) is 0 Å². The smallest absolute Gasteiger partial charge is 0.205 e. The second-order valence-corrected chi connectivity index (χ2v) is 5.18. The molecule has 0 aromatic carbocycles. The Hall–Kier alpha value is -1.77. The molecule has 0 fully saturated rings. The Morgan fingerprint density at radius 1 is 0.708 bits per heavy atom. The normalized spacial score (nSPS) is 10.7. The van der Waals surface area contributed by atoms with Gasteiger partial charge in [-0.2, -0.15) is 0 Å². The van der Waals surface area contributed by atoms with E-state index in [0.717, 1.165) is 0 Å². The minimum Gasteiger partial charge on any atom is -0.288 e. The molecule has 0 atom stereocenters. The molecule has 2 aromatic rings. The zero-order valence-electron chi connectivity index (χ0n) is 11.5. The van der Waals surface area contributed by atoms with Gasteiger partial charge in [-0.15, -0.1) is 20.5 Å². The fourth-order valence-electron chi connectivity index (χ4n) is 1.24. The zero-order valence-corrected chi connectivity index (χ0v) is 13.1. The number of H-pyrrole nitrogens is 2. The summed E-state index contributed by atoms with van der Waals surface area (Å²) in [4.78, 5) is 17.6. The summed E-state index contributed by atoms with van der Waals surface area (Å²) < 4.78 is 67.9. The number of nitrogens with one attached hydrogen (secondary N) is 2. The highest BCUT2D eigenvalue weighted by molar-refractivity contribution is 6.08. The molecule has 0 saturated carbocycles. The van der Waals surface area contributed by atoms with Gasteiger partial charge in [0.15, 0.2) is 24.8 Å². The van der Waals surface area contributed by atoms with Gasteiger partial charge in [-0.05, 0) is 12.1 Å². The van der Waals surface area contributed by atoms with E-state index in [1.54, 1.807) is 49.1 Å². The van der Waals surface area contributed by atoms with E-state index >= 15 is 0 Å². The Kier molecular flexibility index (Phi) is 9.42. The summed E-state index contributed by atoms with van der Waals surface area (Å²) in [6.45, 7) is 0. The number of hydrogen-bond donors (Lipinski definition) is 0. The number of hydrogen-bond acceptors (Lipinski definition) is 9. The van der Waals surface area contributed by atoms with Crippen LogP contribution in [0.15, 0.2) is 49.1 Å². The number of ketones is 1. The van der Waals surface area contributed by atoms with Gasteiger partial charge in [0.1, 0.15) is 0 Å². The van der Waals surface area contributed by atoms with Crippen molar-refractivity contribution in [2.45, 2.75) is 0 Å². The lowest BCUT2D eigenvalue weighted by Crippen LogP contribution is -2.68. The van der Waals surface area contributed by atoms with Crippen LogP contribution in [0.1, 0.15) is 15.9 Å². The van der Waals surface area contributed by atoms with Crippen LogP contribution in [0.25, 0.3) is 0 Å². The molecule has 13 heteroatoms. The van der Waals surface area contributed by atoms with E-state index < -0.39 is 20.5 Å². The molecule has 132 valence electrons. The van der Waals surface area contributed by atoms with E-state index in [2.05, 4.69) is 9.97 Å². The molecule has 0 bridgehead atoms. The van der Waals surface area contributed by atoms with Gasteiger partial charge in [0, 0.05) is 12.1 Å². The average Bonchev–Trinajstić information content (AvgIpc) is 2.45. The Bertz CT molecular complexity index is 537. The van der Waals surface area contributed by atoms with Crippen LogP contribution >= 0.6 is 0 Å². The topological polar surface area (TPSA) is 230 Å². The minimum absolute atomic E-state index is 0.0127. The van der Waals surface area contributed by atoms with Gasteiger partial charge in [0.2, 0.25) is 5.78 Å². The van der Waals surface area contributed by atoms with E-state index in [4.69, 9.17) is 37.3 Å². The van der Waals surface area contributed by atoms with Crippen LogP contribution in [0.2, 0.25) is 0 Å². The molecule has 0 aliphatic heterocycles. The third-order valence-electron chi connectivity index (χ3n) is 1.94.